The van der Waals surface area contributed by atoms with Crippen molar-refractivity contribution in [2.24, 2.45) is 0 Å². The van der Waals surface area contributed by atoms with Crippen molar-refractivity contribution in [3.63, 3.8) is 0 Å². The highest BCUT2D eigenvalue weighted by molar-refractivity contribution is 8.18. The van der Waals surface area contributed by atoms with Gasteiger partial charge in [0.2, 0.25) is 5.91 Å². The number of esters is 1. The summed E-state index contributed by atoms with van der Waals surface area (Å²) in [4.78, 5) is 50.1. The summed E-state index contributed by atoms with van der Waals surface area (Å²) in [7, 11) is 0. The maximum atomic E-state index is 12.7. The Balaban J connectivity index is 1.42. The standard InChI is InChI=1S/C25H20N2O6S/c1-2-32-24(30)17-10-8-16(9-11-17)20-13-12-19(33-20)14-21-23(29)27(25(31)34-21)15-22(28)26-18-6-4-3-5-7-18/h3-14H,2,15H2,1H3,(H,26,28)/b21-14-. The molecular formula is C25H20N2O6S. The van der Waals surface area contributed by atoms with Crippen LogP contribution in [0.15, 0.2) is 76.1 Å². The Bertz CT molecular complexity index is 1260. The van der Waals surface area contributed by atoms with Gasteiger partial charge in [0.25, 0.3) is 11.1 Å². The summed E-state index contributed by atoms with van der Waals surface area (Å²) >= 11 is 0.747. The SMILES string of the molecule is CCOC(=O)c1ccc(-c2ccc(/C=C3\SC(=O)N(CC(=O)Nc4ccccc4)C3=O)o2)cc1. The highest BCUT2D eigenvalue weighted by atomic mass is 32.2. The van der Waals surface area contributed by atoms with Crippen molar-refractivity contribution >= 4 is 46.5 Å². The van der Waals surface area contributed by atoms with Crippen molar-refractivity contribution in [2.45, 2.75) is 6.92 Å². The zero-order valence-electron chi connectivity index (χ0n) is 18.1. The monoisotopic (exact) mass is 476 g/mol. The van der Waals surface area contributed by atoms with Crippen LogP contribution in [0.25, 0.3) is 17.4 Å². The normalized spacial score (nSPS) is 14.5. The first kappa shape index (κ1) is 23.1. The van der Waals surface area contributed by atoms with E-state index in [4.69, 9.17) is 9.15 Å². The van der Waals surface area contributed by atoms with Gasteiger partial charge in [0.1, 0.15) is 18.1 Å². The molecule has 1 aliphatic rings. The van der Waals surface area contributed by atoms with Gasteiger partial charge in [-0.3, -0.25) is 19.3 Å². The van der Waals surface area contributed by atoms with E-state index in [1.54, 1.807) is 67.6 Å². The third-order valence-electron chi connectivity index (χ3n) is 4.81. The third-order valence-corrected chi connectivity index (χ3v) is 5.72. The van der Waals surface area contributed by atoms with E-state index in [-0.39, 0.29) is 11.4 Å². The van der Waals surface area contributed by atoms with Gasteiger partial charge in [-0.25, -0.2) is 4.79 Å². The molecule has 0 aliphatic carbocycles. The first-order valence-electron chi connectivity index (χ1n) is 10.4. The van der Waals surface area contributed by atoms with Crippen molar-refractivity contribution in [3.8, 4) is 11.3 Å². The number of hydrogen-bond acceptors (Lipinski definition) is 7. The number of carbonyl (C=O) groups excluding carboxylic acids is 4. The Morgan fingerprint density at radius 3 is 2.47 bits per heavy atom. The summed E-state index contributed by atoms with van der Waals surface area (Å²) in [6.07, 6.45) is 1.47. The lowest BCUT2D eigenvalue weighted by molar-refractivity contribution is -0.127. The van der Waals surface area contributed by atoms with E-state index >= 15 is 0 Å². The molecule has 0 spiro atoms. The molecule has 4 rings (SSSR count). The Kier molecular flexibility index (Phi) is 6.93. The number of hydrogen-bond donors (Lipinski definition) is 1. The molecule has 0 radical (unpaired) electrons. The quantitative estimate of drug-likeness (QED) is 0.386. The van der Waals surface area contributed by atoms with Crippen molar-refractivity contribution in [1.82, 2.24) is 4.90 Å². The number of amides is 3. The molecule has 0 saturated carbocycles. The van der Waals surface area contributed by atoms with Crippen LogP contribution in [0.3, 0.4) is 0 Å². The van der Waals surface area contributed by atoms with Gasteiger partial charge in [0.15, 0.2) is 0 Å². The molecule has 172 valence electrons. The second kappa shape index (κ2) is 10.2. The molecule has 1 aliphatic heterocycles. The zero-order chi connectivity index (χ0) is 24.1. The van der Waals surface area contributed by atoms with E-state index in [0.29, 0.717) is 29.4 Å². The number of thioether (sulfide) groups is 1. The summed E-state index contributed by atoms with van der Waals surface area (Å²) in [5.74, 6) is -0.523. The highest BCUT2D eigenvalue weighted by Gasteiger charge is 2.36. The van der Waals surface area contributed by atoms with Gasteiger partial charge >= 0.3 is 5.97 Å². The molecule has 3 amide bonds. The number of nitrogens with zero attached hydrogens (tertiary/aromatic N) is 1. The summed E-state index contributed by atoms with van der Waals surface area (Å²) in [6, 6.07) is 18.9. The second-order valence-corrected chi connectivity index (χ2v) is 8.18. The molecule has 1 N–H and O–H groups in total. The van der Waals surface area contributed by atoms with Crippen molar-refractivity contribution in [3.05, 3.63) is 83.0 Å². The Hall–Kier alpha value is -4.11. The Labute approximate surface area is 199 Å². The summed E-state index contributed by atoms with van der Waals surface area (Å²) in [5, 5.41) is 2.13. The number of anilines is 1. The van der Waals surface area contributed by atoms with E-state index in [1.165, 1.54) is 6.08 Å². The fraction of sp³-hybridized carbons (Fsp3) is 0.120. The molecule has 1 aromatic heterocycles. The Morgan fingerprint density at radius 2 is 1.76 bits per heavy atom. The minimum atomic E-state index is -0.560. The maximum Gasteiger partial charge on any atom is 0.338 e. The summed E-state index contributed by atoms with van der Waals surface area (Å²) in [6.45, 7) is 1.66. The van der Waals surface area contributed by atoms with Gasteiger partial charge in [0.05, 0.1) is 17.1 Å². The molecule has 0 unspecified atom stereocenters. The highest BCUT2D eigenvalue weighted by Crippen LogP contribution is 2.33. The van der Waals surface area contributed by atoms with Gasteiger partial charge in [-0.1, -0.05) is 30.3 Å². The predicted octanol–water partition coefficient (Wildman–Crippen LogP) is 4.80. The number of carbonyl (C=O) groups is 4. The van der Waals surface area contributed by atoms with Crippen molar-refractivity contribution < 1.29 is 28.3 Å². The van der Waals surface area contributed by atoms with Crippen LogP contribution in [0.4, 0.5) is 10.5 Å². The number of furan rings is 1. The van der Waals surface area contributed by atoms with E-state index in [1.807, 2.05) is 6.07 Å². The average Bonchev–Trinajstić information content (AvgIpc) is 3.40. The average molecular weight is 477 g/mol. The van der Waals surface area contributed by atoms with E-state index in [9.17, 15) is 19.2 Å². The van der Waals surface area contributed by atoms with Crippen LogP contribution in [0, 0.1) is 0 Å². The molecule has 1 saturated heterocycles. The lowest BCUT2D eigenvalue weighted by atomic mass is 10.1. The molecule has 2 heterocycles. The van der Waals surface area contributed by atoms with Crippen LogP contribution in [-0.4, -0.2) is 41.1 Å². The van der Waals surface area contributed by atoms with Crippen molar-refractivity contribution in [2.75, 3.05) is 18.5 Å². The van der Waals surface area contributed by atoms with Crippen LogP contribution in [0.2, 0.25) is 0 Å². The van der Waals surface area contributed by atoms with Crippen molar-refractivity contribution in [1.29, 1.82) is 0 Å². The molecule has 0 atom stereocenters. The topological polar surface area (TPSA) is 106 Å². The molecule has 3 aromatic rings. The third kappa shape index (κ3) is 5.26. The van der Waals surface area contributed by atoms with E-state index in [0.717, 1.165) is 22.2 Å². The maximum absolute atomic E-state index is 12.7. The lowest BCUT2D eigenvalue weighted by Gasteiger charge is -2.12. The molecular weight excluding hydrogens is 456 g/mol. The van der Waals surface area contributed by atoms with E-state index < -0.39 is 23.0 Å². The fourth-order valence-corrected chi connectivity index (χ4v) is 4.02. The first-order valence-corrected chi connectivity index (χ1v) is 11.2. The first-order chi connectivity index (χ1) is 16.4. The van der Waals surface area contributed by atoms with Gasteiger partial charge in [-0.2, -0.15) is 0 Å². The number of para-hydroxylation sites is 1. The number of ether oxygens (including phenoxy) is 1. The van der Waals surface area contributed by atoms with E-state index in [2.05, 4.69) is 5.32 Å². The van der Waals surface area contributed by atoms with Crippen LogP contribution in [0.1, 0.15) is 23.0 Å². The zero-order valence-corrected chi connectivity index (χ0v) is 19.0. The molecule has 9 heteroatoms. The van der Waals surface area contributed by atoms with Crippen LogP contribution >= 0.6 is 11.8 Å². The minimum Gasteiger partial charge on any atom is -0.462 e. The molecule has 1 fully saturated rings. The lowest BCUT2D eigenvalue weighted by Crippen LogP contribution is -2.36. The summed E-state index contributed by atoms with van der Waals surface area (Å²) in [5.41, 5.74) is 1.74. The van der Waals surface area contributed by atoms with Gasteiger partial charge in [-0.05, 0) is 55.1 Å². The number of benzene rings is 2. The summed E-state index contributed by atoms with van der Waals surface area (Å²) < 4.78 is 10.8. The molecule has 34 heavy (non-hydrogen) atoms. The number of nitrogens with one attached hydrogen (secondary N) is 1. The largest absolute Gasteiger partial charge is 0.462 e. The second-order valence-electron chi connectivity index (χ2n) is 7.18. The predicted molar refractivity (Wildman–Crippen MR) is 128 cm³/mol. The van der Waals surface area contributed by atoms with Crippen LogP contribution < -0.4 is 5.32 Å². The molecule has 8 nitrogen and oxygen atoms in total. The van der Waals surface area contributed by atoms with Gasteiger partial charge in [-0.15, -0.1) is 0 Å². The molecule has 0 bridgehead atoms. The van der Waals surface area contributed by atoms with Gasteiger partial charge < -0.3 is 14.5 Å². The van der Waals surface area contributed by atoms with Gasteiger partial charge in [0, 0.05) is 17.3 Å². The minimum absolute atomic E-state index is 0.163. The fourth-order valence-electron chi connectivity index (χ4n) is 3.20. The Morgan fingerprint density at radius 1 is 1.03 bits per heavy atom. The molecule has 2 aromatic carbocycles. The van der Waals surface area contributed by atoms with Crippen LogP contribution in [0.5, 0.6) is 0 Å². The van der Waals surface area contributed by atoms with Crippen LogP contribution in [-0.2, 0) is 14.3 Å². The number of rotatable bonds is 7. The number of imide groups is 1. The smallest absolute Gasteiger partial charge is 0.338 e.